The van der Waals surface area contributed by atoms with E-state index in [1.54, 1.807) is 29.5 Å². The number of carbonyl (C=O) groups is 1. The molecule has 0 fully saturated rings. The van der Waals surface area contributed by atoms with Crippen molar-refractivity contribution >= 4 is 27.6 Å². The summed E-state index contributed by atoms with van der Waals surface area (Å²) in [6, 6.07) is 11.6. The number of nitrogens with one attached hydrogen (secondary N) is 1. The second-order valence-corrected chi connectivity index (χ2v) is 7.23. The summed E-state index contributed by atoms with van der Waals surface area (Å²) in [5, 5.41) is 3.89. The lowest BCUT2D eigenvalue weighted by molar-refractivity contribution is 0.197. The van der Waals surface area contributed by atoms with Gasteiger partial charge in [0.15, 0.2) is 0 Å². The van der Waals surface area contributed by atoms with Crippen molar-refractivity contribution in [2.24, 2.45) is 0 Å². The quantitative estimate of drug-likeness (QED) is 0.734. The zero-order valence-electron chi connectivity index (χ0n) is 14.6. The number of urea groups is 1. The summed E-state index contributed by atoms with van der Waals surface area (Å²) < 4.78 is 6.60. The third kappa shape index (κ3) is 4.18. The third-order valence-electron chi connectivity index (χ3n) is 4.00. The molecule has 6 nitrogen and oxygen atoms in total. The molecule has 25 heavy (non-hydrogen) atoms. The van der Waals surface area contributed by atoms with Crippen LogP contribution in [0.25, 0.3) is 10.2 Å². The Morgan fingerprint density at radius 3 is 2.72 bits per heavy atom. The highest BCUT2D eigenvalue weighted by Gasteiger charge is 2.19. The summed E-state index contributed by atoms with van der Waals surface area (Å²) in [4.78, 5) is 20.6. The molecule has 1 atom stereocenters. The Labute approximate surface area is 151 Å². The number of benzene rings is 1. The molecule has 7 heteroatoms. The smallest absolute Gasteiger partial charge is 0.317 e. The second kappa shape index (κ2) is 7.67. The van der Waals surface area contributed by atoms with Crippen molar-refractivity contribution < 1.29 is 9.21 Å². The van der Waals surface area contributed by atoms with Crippen molar-refractivity contribution in [3.63, 3.8) is 0 Å². The Balaban J connectivity index is 1.58. The van der Waals surface area contributed by atoms with Gasteiger partial charge < -0.3 is 14.6 Å². The average molecular weight is 358 g/mol. The maximum absolute atomic E-state index is 12.4. The van der Waals surface area contributed by atoms with Gasteiger partial charge in [-0.05, 0) is 38.4 Å². The molecule has 1 aromatic carbocycles. The van der Waals surface area contributed by atoms with Gasteiger partial charge >= 0.3 is 6.03 Å². The van der Waals surface area contributed by atoms with E-state index in [9.17, 15) is 4.79 Å². The van der Waals surface area contributed by atoms with Gasteiger partial charge in [0.1, 0.15) is 10.8 Å². The number of thiazole rings is 1. The van der Waals surface area contributed by atoms with Crippen molar-refractivity contribution in [1.82, 2.24) is 20.1 Å². The number of carbonyl (C=O) groups excluding carboxylic acids is 1. The molecule has 0 radical (unpaired) electrons. The number of furan rings is 1. The first-order chi connectivity index (χ1) is 12.0. The second-order valence-electron chi connectivity index (χ2n) is 6.11. The van der Waals surface area contributed by atoms with Crippen molar-refractivity contribution in [1.29, 1.82) is 0 Å². The van der Waals surface area contributed by atoms with Gasteiger partial charge in [0.05, 0.1) is 29.1 Å². The van der Waals surface area contributed by atoms with Gasteiger partial charge in [0.25, 0.3) is 0 Å². The van der Waals surface area contributed by atoms with Crippen molar-refractivity contribution in [3.8, 4) is 0 Å². The van der Waals surface area contributed by atoms with E-state index in [0.29, 0.717) is 13.1 Å². The first-order valence-corrected chi connectivity index (χ1v) is 8.89. The first-order valence-electron chi connectivity index (χ1n) is 8.08. The van der Waals surface area contributed by atoms with Crippen LogP contribution in [0.3, 0.4) is 0 Å². The highest BCUT2D eigenvalue weighted by Crippen LogP contribution is 2.22. The highest BCUT2D eigenvalue weighted by atomic mass is 32.1. The predicted molar refractivity (Wildman–Crippen MR) is 99.6 cm³/mol. The van der Waals surface area contributed by atoms with E-state index >= 15 is 0 Å². The molecule has 3 rings (SSSR count). The SMILES string of the molecule is CN(Cc1nc2ccccc2s1)C(=O)NCC(c1ccco1)N(C)C. The van der Waals surface area contributed by atoms with Crippen LogP contribution in [0.5, 0.6) is 0 Å². The summed E-state index contributed by atoms with van der Waals surface area (Å²) in [6.45, 7) is 0.960. The average Bonchev–Trinajstić information content (AvgIpc) is 3.23. The minimum Gasteiger partial charge on any atom is -0.468 e. The fourth-order valence-electron chi connectivity index (χ4n) is 2.60. The van der Waals surface area contributed by atoms with Gasteiger partial charge in [-0.1, -0.05) is 12.1 Å². The molecule has 2 amide bonds. The van der Waals surface area contributed by atoms with Crippen LogP contribution in [0.2, 0.25) is 0 Å². The summed E-state index contributed by atoms with van der Waals surface area (Å²) in [5.74, 6) is 0.833. The lowest BCUT2D eigenvalue weighted by Gasteiger charge is -2.24. The summed E-state index contributed by atoms with van der Waals surface area (Å²) in [5.41, 5.74) is 0.974. The van der Waals surface area contributed by atoms with Gasteiger partial charge in [-0.2, -0.15) is 0 Å². The number of fused-ring (bicyclic) bond motifs is 1. The third-order valence-corrected chi connectivity index (χ3v) is 5.02. The van der Waals surface area contributed by atoms with Crippen LogP contribution in [0.4, 0.5) is 4.79 Å². The van der Waals surface area contributed by atoms with E-state index in [2.05, 4.69) is 10.3 Å². The molecule has 0 aliphatic rings. The lowest BCUT2D eigenvalue weighted by Crippen LogP contribution is -2.41. The largest absolute Gasteiger partial charge is 0.468 e. The van der Waals surface area contributed by atoms with Crippen LogP contribution in [-0.4, -0.2) is 48.5 Å². The van der Waals surface area contributed by atoms with E-state index in [1.807, 2.05) is 55.4 Å². The number of hydrogen-bond acceptors (Lipinski definition) is 5. The van der Waals surface area contributed by atoms with E-state index in [-0.39, 0.29) is 12.1 Å². The summed E-state index contributed by atoms with van der Waals surface area (Å²) in [6.07, 6.45) is 1.65. The Morgan fingerprint density at radius 1 is 1.24 bits per heavy atom. The number of likely N-dealkylation sites (N-methyl/N-ethyl adjacent to an activating group) is 1. The molecule has 2 aromatic heterocycles. The minimum atomic E-state index is -0.127. The van der Waals surface area contributed by atoms with Crippen LogP contribution in [0.1, 0.15) is 16.8 Å². The molecule has 0 saturated heterocycles. The molecule has 0 aliphatic carbocycles. The predicted octanol–water partition coefficient (Wildman–Crippen LogP) is 3.33. The number of amides is 2. The topological polar surface area (TPSA) is 61.6 Å². The first kappa shape index (κ1) is 17.4. The number of hydrogen-bond donors (Lipinski definition) is 1. The van der Waals surface area contributed by atoms with E-state index in [4.69, 9.17) is 4.42 Å². The minimum absolute atomic E-state index is 0.00481. The molecule has 2 heterocycles. The highest BCUT2D eigenvalue weighted by molar-refractivity contribution is 7.18. The van der Waals surface area contributed by atoms with Gasteiger partial charge in [0, 0.05) is 13.6 Å². The van der Waals surface area contributed by atoms with Gasteiger partial charge in [0.2, 0.25) is 0 Å². The molecular weight excluding hydrogens is 336 g/mol. The zero-order valence-corrected chi connectivity index (χ0v) is 15.4. The molecule has 0 aliphatic heterocycles. The molecule has 1 unspecified atom stereocenters. The molecule has 0 bridgehead atoms. The Hall–Kier alpha value is -2.38. The van der Waals surface area contributed by atoms with Gasteiger partial charge in [-0.3, -0.25) is 4.90 Å². The number of nitrogens with zero attached hydrogens (tertiary/aromatic N) is 3. The van der Waals surface area contributed by atoms with E-state index in [0.717, 1.165) is 21.0 Å². The standard InChI is InChI=1S/C18H22N4O2S/c1-21(2)14(15-8-6-10-24-15)11-19-18(23)22(3)12-17-20-13-7-4-5-9-16(13)25-17/h4-10,14H,11-12H2,1-3H3,(H,19,23). The van der Waals surface area contributed by atoms with Crippen LogP contribution < -0.4 is 5.32 Å². The number of rotatable bonds is 6. The van der Waals surface area contributed by atoms with E-state index in [1.165, 1.54) is 0 Å². The van der Waals surface area contributed by atoms with Crippen LogP contribution in [-0.2, 0) is 6.54 Å². The van der Waals surface area contributed by atoms with Gasteiger partial charge in [-0.15, -0.1) is 11.3 Å². The lowest BCUT2D eigenvalue weighted by atomic mass is 10.2. The molecule has 0 spiro atoms. The van der Waals surface area contributed by atoms with Crippen molar-refractivity contribution in [2.75, 3.05) is 27.7 Å². The maximum Gasteiger partial charge on any atom is 0.317 e. The monoisotopic (exact) mass is 358 g/mol. The van der Waals surface area contributed by atoms with Crippen molar-refractivity contribution in [2.45, 2.75) is 12.6 Å². The number of aromatic nitrogens is 1. The zero-order chi connectivity index (χ0) is 17.8. The molecule has 132 valence electrons. The Kier molecular flexibility index (Phi) is 5.35. The van der Waals surface area contributed by atoms with Gasteiger partial charge in [-0.25, -0.2) is 9.78 Å². The Morgan fingerprint density at radius 2 is 2.04 bits per heavy atom. The van der Waals surface area contributed by atoms with Crippen LogP contribution in [0.15, 0.2) is 47.1 Å². The summed E-state index contributed by atoms with van der Waals surface area (Å²) >= 11 is 1.61. The normalized spacial score (nSPS) is 12.5. The van der Waals surface area contributed by atoms with Crippen LogP contribution >= 0.6 is 11.3 Å². The van der Waals surface area contributed by atoms with Crippen molar-refractivity contribution in [3.05, 3.63) is 53.4 Å². The molecular formula is C18H22N4O2S. The fourth-order valence-corrected chi connectivity index (χ4v) is 3.62. The summed E-state index contributed by atoms with van der Waals surface area (Å²) in [7, 11) is 5.70. The maximum atomic E-state index is 12.4. The van der Waals surface area contributed by atoms with E-state index < -0.39 is 0 Å². The molecule has 1 N–H and O–H groups in total. The fraction of sp³-hybridized carbons (Fsp3) is 0.333. The number of para-hydroxylation sites is 1. The molecule has 3 aromatic rings. The molecule has 0 saturated carbocycles. The Bertz CT molecular complexity index is 796. The van der Waals surface area contributed by atoms with Crippen LogP contribution in [0, 0.1) is 0 Å².